The normalized spacial score (nSPS) is 13.8. The maximum Gasteiger partial charge on any atom is 0.502 e. The number of hydrogen-bond acceptors (Lipinski definition) is 6. The molecule has 7 heteroatoms. The summed E-state index contributed by atoms with van der Waals surface area (Å²) >= 11 is 0. The summed E-state index contributed by atoms with van der Waals surface area (Å²) in [6.45, 7) is 9.20. The minimum Gasteiger partial charge on any atom is -0.374 e. The van der Waals surface area contributed by atoms with Crippen LogP contribution in [0.1, 0.15) is 27.2 Å². The first-order chi connectivity index (χ1) is 8.60. The van der Waals surface area contributed by atoms with Gasteiger partial charge in [-0.15, -0.1) is 0 Å². The maximum atomic E-state index is 5.75. The molecule has 0 rings (SSSR count). The minimum absolute atomic E-state index is 0.369. The lowest BCUT2D eigenvalue weighted by molar-refractivity contribution is 0.0401. The molecule has 0 spiro atoms. The second-order valence-electron chi connectivity index (χ2n) is 4.01. The molecule has 0 aliphatic heterocycles. The molecule has 0 aliphatic carbocycles. The number of nitrogens with one attached hydrogen (secondary N) is 1. The van der Waals surface area contributed by atoms with Crippen molar-refractivity contribution in [3.63, 3.8) is 0 Å². The highest BCUT2D eigenvalue weighted by Crippen LogP contribution is 2.18. The molecule has 0 bridgehead atoms. The maximum absolute atomic E-state index is 5.75. The Kier molecular flexibility index (Phi) is 10.8. The van der Waals surface area contributed by atoms with Crippen LogP contribution in [0.3, 0.4) is 0 Å². The Hall–Kier alpha value is -0.0231. The van der Waals surface area contributed by atoms with Gasteiger partial charge in [-0.05, 0) is 33.7 Å². The average molecular weight is 279 g/mol. The molecule has 6 nitrogen and oxygen atoms in total. The Labute approximate surface area is 112 Å². The van der Waals surface area contributed by atoms with Gasteiger partial charge in [0.15, 0.2) is 0 Å². The highest BCUT2D eigenvalue weighted by atomic mass is 28.4. The molecule has 0 aliphatic rings. The van der Waals surface area contributed by atoms with E-state index in [9.17, 15) is 0 Å². The van der Waals surface area contributed by atoms with Crippen molar-refractivity contribution in [2.45, 2.75) is 39.5 Å². The molecule has 1 unspecified atom stereocenters. The molecule has 0 saturated carbocycles. The van der Waals surface area contributed by atoms with E-state index in [4.69, 9.17) is 24.7 Å². The lowest BCUT2D eigenvalue weighted by Gasteiger charge is -2.30. The molecule has 0 aromatic rings. The van der Waals surface area contributed by atoms with Gasteiger partial charge in [0.25, 0.3) is 0 Å². The molecule has 18 heavy (non-hydrogen) atoms. The van der Waals surface area contributed by atoms with Crippen molar-refractivity contribution in [1.29, 1.82) is 0 Å². The number of hydrogen-bond donors (Lipinski definition) is 3. The number of nitrogens with two attached hydrogens (primary N) is 2. The molecular formula is C11H29N3O3Si. The first kappa shape index (κ1) is 18.0. The van der Waals surface area contributed by atoms with E-state index >= 15 is 0 Å². The summed E-state index contributed by atoms with van der Waals surface area (Å²) in [5, 5.41) is 3.24. The van der Waals surface area contributed by atoms with Crippen LogP contribution in [0.4, 0.5) is 0 Å². The van der Waals surface area contributed by atoms with Crippen LogP contribution in [-0.4, -0.2) is 47.9 Å². The molecule has 0 saturated heterocycles. The fourth-order valence-electron chi connectivity index (χ4n) is 1.69. The quantitative estimate of drug-likeness (QED) is 0.270. The van der Waals surface area contributed by atoms with Crippen LogP contribution in [0.5, 0.6) is 0 Å². The van der Waals surface area contributed by atoms with Crippen molar-refractivity contribution >= 4 is 8.80 Å². The fraction of sp³-hybridized carbons (Fsp3) is 1.00. The van der Waals surface area contributed by atoms with Crippen LogP contribution in [0.2, 0.25) is 6.04 Å². The second-order valence-corrected chi connectivity index (χ2v) is 6.69. The Morgan fingerprint density at radius 2 is 1.78 bits per heavy atom. The predicted octanol–water partition coefficient (Wildman–Crippen LogP) is 0.258. The number of rotatable bonds is 12. The second kappa shape index (κ2) is 10.9. The van der Waals surface area contributed by atoms with E-state index in [1.165, 1.54) is 0 Å². The van der Waals surface area contributed by atoms with Crippen LogP contribution < -0.4 is 16.8 Å². The van der Waals surface area contributed by atoms with Gasteiger partial charge in [0, 0.05) is 32.3 Å². The highest BCUT2D eigenvalue weighted by molar-refractivity contribution is 6.60. The lowest BCUT2D eigenvalue weighted by atomic mass is 10.5. The van der Waals surface area contributed by atoms with Crippen molar-refractivity contribution in [3.05, 3.63) is 0 Å². The first-order valence-corrected chi connectivity index (χ1v) is 8.65. The lowest BCUT2D eigenvalue weighted by Crippen LogP contribution is -2.50. The topological polar surface area (TPSA) is 91.8 Å². The third-order valence-electron chi connectivity index (χ3n) is 2.25. The molecule has 5 N–H and O–H groups in total. The first-order valence-electron chi connectivity index (χ1n) is 6.72. The molecule has 0 fully saturated rings. The van der Waals surface area contributed by atoms with Gasteiger partial charge in [-0.1, -0.05) is 0 Å². The van der Waals surface area contributed by atoms with Gasteiger partial charge in [0.2, 0.25) is 0 Å². The largest absolute Gasteiger partial charge is 0.502 e. The SMILES string of the molecule is CCO[Si](CCCNCCN)(OCC)OC(C)N. The molecule has 0 heterocycles. The van der Waals surface area contributed by atoms with Crippen LogP contribution in [0.25, 0.3) is 0 Å². The van der Waals surface area contributed by atoms with E-state index in [-0.39, 0.29) is 6.23 Å². The van der Waals surface area contributed by atoms with E-state index in [1.807, 2.05) is 13.8 Å². The fourth-order valence-corrected chi connectivity index (χ4v) is 4.37. The van der Waals surface area contributed by atoms with E-state index in [0.29, 0.717) is 19.8 Å². The van der Waals surface area contributed by atoms with E-state index < -0.39 is 8.80 Å². The molecule has 0 aromatic carbocycles. The van der Waals surface area contributed by atoms with Crippen LogP contribution >= 0.6 is 0 Å². The van der Waals surface area contributed by atoms with Crippen LogP contribution in [0.15, 0.2) is 0 Å². The highest BCUT2D eigenvalue weighted by Gasteiger charge is 2.41. The molecule has 110 valence electrons. The summed E-state index contributed by atoms with van der Waals surface area (Å²) in [6.07, 6.45) is 0.561. The van der Waals surface area contributed by atoms with Crippen molar-refractivity contribution < 1.29 is 13.3 Å². The Morgan fingerprint density at radius 1 is 1.17 bits per heavy atom. The molecule has 0 amide bonds. The van der Waals surface area contributed by atoms with Gasteiger partial charge in [0.1, 0.15) is 0 Å². The summed E-state index contributed by atoms with van der Waals surface area (Å²) in [7, 11) is -2.62. The van der Waals surface area contributed by atoms with E-state index in [1.54, 1.807) is 6.92 Å². The zero-order chi connectivity index (χ0) is 13.9. The van der Waals surface area contributed by atoms with Gasteiger partial charge in [0.05, 0.1) is 6.23 Å². The predicted molar refractivity (Wildman–Crippen MR) is 75.1 cm³/mol. The zero-order valence-corrected chi connectivity index (χ0v) is 12.9. The third kappa shape index (κ3) is 8.14. The van der Waals surface area contributed by atoms with Gasteiger partial charge in [-0.25, -0.2) is 0 Å². The van der Waals surface area contributed by atoms with Crippen LogP contribution in [0, 0.1) is 0 Å². The summed E-state index contributed by atoms with van der Waals surface area (Å²) in [5.74, 6) is 0. The van der Waals surface area contributed by atoms with Crippen molar-refractivity contribution in [2.75, 3.05) is 32.8 Å². The molecule has 0 aromatic heterocycles. The van der Waals surface area contributed by atoms with E-state index in [2.05, 4.69) is 5.32 Å². The smallest absolute Gasteiger partial charge is 0.374 e. The van der Waals surface area contributed by atoms with Crippen molar-refractivity contribution in [2.24, 2.45) is 11.5 Å². The van der Waals surface area contributed by atoms with Crippen molar-refractivity contribution in [1.82, 2.24) is 5.32 Å². The van der Waals surface area contributed by atoms with Gasteiger partial charge < -0.3 is 30.1 Å². The standard InChI is InChI=1S/C11H29N3O3Si/c1-4-15-18(16-5-2,17-11(3)13)10-6-8-14-9-7-12/h11,14H,4-10,12-13H2,1-3H3. The van der Waals surface area contributed by atoms with Gasteiger partial charge >= 0.3 is 8.80 Å². The third-order valence-corrected chi connectivity index (χ3v) is 5.41. The molecule has 1 atom stereocenters. The van der Waals surface area contributed by atoms with Crippen LogP contribution in [-0.2, 0) is 13.3 Å². The summed E-state index contributed by atoms with van der Waals surface area (Å²) in [5.41, 5.74) is 11.1. The molecule has 0 radical (unpaired) electrons. The van der Waals surface area contributed by atoms with Gasteiger partial charge in [-0.3, -0.25) is 0 Å². The summed E-state index contributed by atoms with van der Waals surface area (Å²) in [4.78, 5) is 0. The summed E-state index contributed by atoms with van der Waals surface area (Å²) < 4.78 is 17.2. The van der Waals surface area contributed by atoms with E-state index in [0.717, 1.165) is 25.6 Å². The average Bonchev–Trinajstić information content (AvgIpc) is 2.28. The van der Waals surface area contributed by atoms with Gasteiger partial charge in [-0.2, -0.15) is 0 Å². The zero-order valence-electron chi connectivity index (χ0n) is 11.9. The summed E-state index contributed by atoms with van der Waals surface area (Å²) in [6, 6.07) is 0.772. The van der Waals surface area contributed by atoms with Crippen molar-refractivity contribution in [3.8, 4) is 0 Å². The Morgan fingerprint density at radius 3 is 2.22 bits per heavy atom. The Balaban J connectivity index is 4.23. The monoisotopic (exact) mass is 279 g/mol. The minimum atomic E-state index is -2.62. The Bertz CT molecular complexity index is 190. The molecular weight excluding hydrogens is 250 g/mol.